The van der Waals surface area contributed by atoms with Gasteiger partial charge in [0.1, 0.15) is 0 Å². The summed E-state index contributed by atoms with van der Waals surface area (Å²) in [5.41, 5.74) is -0.184. The second-order valence-corrected chi connectivity index (χ2v) is 4.65. The van der Waals surface area contributed by atoms with Gasteiger partial charge in [-0.2, -0.15) is 4.98 Å². The average Bonchev–Trinajstić information content (AvgIpc) is 2.97. The molecule has 1 N–H and O–H groups in total. The fraction of sp³-hybridized carbons (Fsp3) is 0.545. The van der Waals surface area contributed by atoms with Crippen molar-refractivity contribution >= 4 is 0 Å². The predicted molar refractivity (Wildman–Crippen MR) is 61.1 cm³/mol. The highest BCUT2D eigenvalue weighted by Gasteiger charge is 2.36. The predicted octanol–water partition coefficient (Wildman–Crippen LogP) is 1.07. The first-order valence-corrected chi connectivity index (χ1v) is 5.76. The molecule has 0 radical (unpaired) electrons. The summed E-state index contributed by atoms with van der Waals surface area (Å²) in [5, 5.41) is 7.40. The number of imidazole rings is 1. The number of aromatic nitrogens is 4. The van der Waals surface area contributed by atoms with Crippen molar-refractivity contribution in [2.24, 2.45) is 7.05 Å². The third-order valence-corrected chi connectivity index (χ3v) is 3.29. The van der Waals surface area contributed by atoms with Crippen LogP contribution in [0.3, 0.4) is 0 Å². The minimum absolute atomic E-state index is 0.184. The Balaban J connectivity index is 1.96. The van der Waals surface area contributed by atoms with E-state index in [0.717, 1.165) is 25.2 Å². The van der Waals surface area contributed by atoms with Crippen molar-refractivity contribution in [3.05, 3.63) is 18.3 Å². The molecule has 6 nitrogen and oxygen atoms in total. The van der Waals surface area contributed by atoms with Crippen LogP contribution in [0.1, 0.15) is 25.7 Å². The maximum atomic E-state index is 5.35. The van der Waals surface area contributed by atoms with E-state index in [0.29, 0.717) is 11.7 Å². The summed E-state index contributed by atoms with van der Waals surface area (Å²) in [6, 6.07) is 0. The van der Waals surface area contributed by atoms with Crippen LogP contribution in [0.5, 0.6) is 0 Å². The lowest BCUT2D eigenvalue weighted by molar-refractivity contribution is 0.275. The summed E-state index contributed by atoms with van der Waals surface area (Å²) < 4.78 is 7.23. The molecule has 17 heavy (non-hydrogen) atoms. The lowest BCUT2D eigenvalue weighted by Gasteiger charge is -2.18. The van der Waals surface area contributed by atoms with Crippen molar-refractivity contribution in [3.63, 3.8) is 0 Å². The number of nitrogens with zero attached hydrogens (tertiary/aromatic N) is 4. The van der Waals surface area contributed by atoms with Crippen LogP contribution in [0.25, 0.3) is 11.6 Å². The van der Waals surface area contributed by atoms with E-state index in [-0.39, 0.29) is 5.54 Å². The minimum atomic E-state index is -0.184. The van der Waals surface area contributed by atoms with Gasteiger partial charge in [-0.3, -0.25) is 0 Å². The zero-order chi connectivity index (χ0) is 11.9. The molecule has 1 atom stereocenters. The van der Waals surface area contributed by atoms with Crippen molar-refractivity contribution in [3.8, 4) is 11.6 Å². The quantitative estimate of drug-likeness (QED) is 0.840. The average molecular weight is 233 g/mol. The molecule has 1 unspecified atom stereocenters. The Hall–Kier alpha value is -1.69. The highest BCUT2D eigenvalue weighted by atomic mass is 16.5. The molecule has 1 saturated heterocycles. The molecule has 0 aromatic carbocycles. The summed E-state index contributed by atoms with van der Waals surface area (Å²) >= 11 is 0. The van der Waals surface area contributed by atoms with Gasteiger partial charge in [-0.05, 0) is 26.3 Å². The lowest BCUT2D eigenvalue weighted by Crippen LogP contribution is -2.33. The Labute approximate surface area is 99.0 Å². The number of hydrogen-bond donors (Lipinski definition) is 1. The Kier molecular flexibility index (Phi) is 2.25. The van der Waals surface area contributed by atoms with E-state index in [1.807, 2.05) is 17.8 Å². The van der Waals surface area contributed by atoms with Crippen LogP contribution in [0, 0.1) is 0 Å². The zero-order valence-electron chi connectivity index (χ0n) is 9.97. The molecule has 2 aromatic heterocycles. The molecule has 1 aliphatic heterocycles. The molecule has 3 rings (SSSR count). The normalized spacial score (nSPS) is 24.4. The fourth-order valence-corrected chi connectivity index (χ4v) is 2.20. The SMILES string of the molecule is Cn1ccnc1-c1noc(C2(C)CCCN2)n1. The third kappa shape index (κ3) is 1.64. The molecular weight excluding hydrogens is 218 g/mol. The van der Waals surface area contributed by atoms with E-state index >= 15 is 0 Å². The van der Waals surface area contributed by atoms with Gasteiger partial charge in [-0.15, -0.1) is 0 Å². The summed E-state index contributed by atoms with van der Waals surface area (Å²) in [6.07, 6.45) is 5.74. The standard InChI is InChI=1S/C11H15N5O/c1-11(4-3-5-13-11)10-14-8(15-17-10)9-12-6-7-16(9)2/h6-7,13H,3-5H2,1-2H3. The van der Waals surface area contributed by atoms with Gasteiger partial charge in [0.2, 0.25) is 11.7 Å². The first-order chi connectivity index (χ1) is 8.19. The fourth-order valence-electron chi connectivity index (χ4n) is 2.20. The Morgan fingerprint density at radius 1 is 1.53 bits per heavy atom. The topological polar surface area (TPSA) is 68.8 Å². The Morgan fingerprint density at radius 2 is 2.41 bits per heavy atom. The van der Waals surface area contributed by atoms with Crippen LogP contribution in [0.2, 0.25) is 0 Å². The van der Waals surface area contributed by atoms with Crippen LogP contribution < -0.4 is 5.32 Å². The van der Waals surface area contributed by atoms with Gasteiger partial charge in [-0.25, -0.2) is 4.98 Å². The monoisotopic (exact) mass is 233 g/mol. The minimum Gasteiger partial charge on any atom is -0.337 e. The Bertz CT molecular complexity index is 523. The summed E-state index contributed by atoms with van der Waals surface area (Å²) in [5.74, 6) is 1.91. The van der Waals surface area contributed by atoms with E-state index in [4.69, 9.17) is 4.52 Å². The van der Waals surface area contributed by atoms with Crippen LogP contribution >= 0.6 is 0 Å². The molecule has 0 bridgehead atoms. The van der Waals surface area contributed by atoms with Crippen LogP contribution in [-0.4, -0.2) is 26.2 Å². The van der Waals surface area contributed by atoms with Gasteiger partial charge in [-0.1, -0.05) is 5.16 Å². The van der Waals surface area contributed by atoms with Gasteiger partial charge in [0.25, 0.3) is 0 Å². The van der Waals surface area contributed by atoms with E-state index in [1.165, 1.54) is 0 Å². The maximum Gasteiger partial charge on any atom is 0.247 e. The van der Waals surface area contributed by atoms with Crippen LogP contribution in [0.4, 0.5) is 0 Å². The van der Waals surface area contributed by atoms with Gasteiger partial charge in [0.05, 0.1) is 5.54 Å². The van der Waals surface area contributed by atoms with Crippen molar-refractivity contribution in [1.29, 1.82) is 0 Å². The number of hydrogen-bond acceptors (Lipinski definition) is 5. The van der Waals surface area contributed by atoms with Crippen molar-refractivity contribution in [2.75, 3.05) is 6.54 Å². The van der Waals surface area contributed by atoms with E-state index < -0.39 is 0 Å². The van der Waals surface area contributed by atoms with Gasteiger partial charge < -0.3 is 14.4 Å². The molecule has 1 aliphatic rings. The first kappa shape index (κ1) is 10.5. The number of rotatable bonds is 2. The third-order valence-electron chi connectivity index (χ3n) is 3.29. The van der Waals surface area contributed by atoms with Crippen molar-refractivity contribution in [2.45, 2.75) is 25.3 Å². The van der Waals surface area contributed by atoms with E-state index in [9.17, 15) is 0 Å². The molecule has 90 valence electrons. The highest BCUT2D eigenvalue weighted by molar-refractivity contribution is 5.42. The molecule has 1 fully saturated rings. The van der Waals surface area contributed by atoms with Crippen LogP contribution in [-0.2, 0) is 12.6 Å². The van der Waals surface area contributed by atoms with Crippen LogP contribution in [0.15, 0.2) is 16.9 Å². The lowest BCUT2D eigenvalue weighted by atomic mass is 10.0. The summed E-state index contributed by atoms with van der Waals surface area (Å²) in [7, 11) is 1.91. The summed E-state index contributed by atoms with van der Waals surface area (Å²) in [6.45, 7) is 3.09. The molecule has 0 aliphatic carbocycles. The van der Waals surface area contributed by atoms with Crippen molar-refractivity contribution < 1.29 is 4.52 Å². The molecule has 0 amide bonds. The smallest absolute Gasteiger partial charge is 0.247 e. The van der Waals surface area contributed by atoms with E-state index in [1.54, 1.807) is 6.20 Å². The molecule has 0 spiro atoms. The maximum absolute atomic E-state index is 5.35. The molecule has 2 aromatic rings. The zero-order valence-corrected chi connectivity index (χ0v) is 9.97. The largest absolute Gasteiger partial charge is 0.337 e. The second-order valence-electron chi connectivity index (χ2n) is 4.65. The molecule has 3 heterocycles. The molecule has 6 heteroatoms. The van der Waals surface area contributed by atoms with Gasteiger partial charge in [0.15, 0.2) is 5.82 Å². The van der Waals surface area contributed by atoms with Gasteiger partial charge >= 0.3 is 0 Å². The Morgan fingerprint density at radius 3 is 3.06 bits per heavy atom. The second kappa shape index (κ2) is 3.66. The number of nitrogens with one attached hydrogen (secondary N) is 1. The van der Waals surface area contributed by atoms with Crippen molar-refractivity contribution in [1.82, 2.24) is 25.0 Å². The molecular formula is C11H15N5O. The van der Waals surface area contributed by atoms with E-state index in [2.05, 4.69) is 27.4 Å². The number of aryl methyl sites for hydroxylation is 1. The molecule has 0 saturated carbocycles. The van der Waals surface area contributed by atoms with Gasteiger partial charge in [0, 0.05) is 19.4 Å². The highest BCUT2D eigenvalue weighted by Crippen LogP contribution is 2.29. The first-order valence-electron chi connectivity index (χ1n) is 5.76. The summed E-state index contributed by atoms with van der Waals surface area (Å²) in [4.78, 5) is 8.65.